The van der Waals surface area contributed by atoms with Crippen LogP contribution in [0.1, 0.15) is 23.7 Å². The molecule has 5 heteroatoms. The number of rotatable bonds is 2. The van der Waals surface area contributed by atoms with Crippen molar-refractivity contribution in [2.24, 2.45) is 0 Å². The average Bonchev–Trinajstić information content (AvgIpc) is 2.96. The van der Waals surface area contributed by atoms with Crippen molar-refractivity contribution in [3.8, 4) is 11.5 Å². The third-order valence-corrected chi connectivity index (χ3v) is 3.42. The number of benzene rings is 1. The van der Waals surface area contributed by atoms with Gasteiger partial charge in [-0.1, -0.05) is 0 Å². The Kier molecular flexibility index (Phi) is 2.63. The Hall–Kier alpha value is -1.75. The van der Waals surface area contributed by atoms with E-state index in [0.717, 1.165) is 19.5 Å². The number of ether oxygens (including phenoxy) is 2. The molecule has 0 saturated carbocycles. The van der Waals surface area contributed by atoms with E-state index >= 15 is 0 Å². The van der Waals surface area contributed by atoms with Crippen molar-refractivity contribution in [3.63, 3.8) is 0 Å². The van der Waals surface area contributed by atoms with Crippen LogP contribution in [0.5, 0.6) is 11.5 Å². The van der Waals surface area contributed by atoms with Crippen LogP contribution in [0.3, 0.4) is 0 Å². The largest absolute Gasteiger partial charge is 0.454 e. The van der Waals surface area contributed by atoms with Gasteiger partial charge in [-0.2, -0.15) is 0 Å². The normalized spacial score (nSPS) is 25.2. The molecular formula is C13H16N2O3. The Bertz CT molecular complexity index is 481. The fraction of sp³-hybridized carbons (Fsp3) is 0.462. The zero-order chi connectivity index (χ0) is 12.6. The van der Waals surface area contributed by atoms with Crippen LogP contribution in [-0.2, 0) is 0 Å². The third-order valence-electron chi connectivity index (χ3n) is 3.42. The number of nitrogens with one attached hydrogen (secondary N) is 2. The first-order valence-electron chi connectivity index (χ1n) is 6.09. The summed E-state index contributed by atoms with van der Waals surface area (Å²) in [6.45, 7) is 4.03. The molecule has 0 aromatic heterocycles. The van der Waals surface area contributed by atoms with Crippen LogP contribution in [0, 0.1) is 0 Å². The van der Waals surface area contributed by atoms with Gasteiger partial charge in [-0.25, -0.2) is 0 Å². The first kappa shape index (κ1) is 11.3. The highest BCUT2D eigenvalue weighted by atomic mass is 16.7. The van der Waals surface area contributed by atoms with E-state index in [-0.39, 0.29) is 18.2 Å². The number of hydrogen-bond acceptors (Lipinski definition) is 4. The lowest BCUT2D eigenvalue weighted by Crippen LogP contribution is -2.47. The van der Waals surface area contributed by atoms with Crippen molar-refractivity contribution in [2.75, 3.05) is 19.9 Å². The van der Waals surface area contributed by atoms with Gasteiger partial charge in [-0.15, -0.1) is 0 Å². The summed E-state index contributed by atoms with van der Waals surface area (Å²) in [7, 11) is 0. The molecule has 2 aliphatic rings. The van der Waals surface area contributed by atoms with Crippen molar-refractivity contribution in [2.45, 2.75) is 18.9 Å². The predicted molar refractivity (Wildman–Crippen MR) is 65.9 cm³/mol. The maximum atomic E-state index is 12.2. The van der Waals surface area contributed by atoms with E-state index < -0.39 is 0 Å². The van der Waals surface area contributed by atoms with Crippen molar-refractivity contribution in [1.29, 1.82) is 0 Å². The number of fused-ring (bicyclic) bond motifs is 1. The third kappa shape index (κ3) is 2.01. The lowest BCUT2D eigenvalue weighted by Gasteiger charge is -2.24. The van der Waals surface area contributed by atoms with Crippen LogP contribution < -0.4 is 20.1 Å². The minimum atomic E-state index is -0.159. The van der Waals surface area contributed by atoms with Gasteiger partial charge in [0.05, 0.1) is 5.54 Å². The highest BCUT2D eigenvalue weighted by Crippen LogP contribution is 2.32. The topological polar surface area (TPSA) is 59.6 Å². The maximum Gasteiger partial charge on any atom is 0.251 e. The second-order valence-electron chi connectivity index (χ2n) is 5.01. The summed E-state index contributed by atoms with van der Waals surface area (Å²) in [4.78, 5) is 12.2. The minimum Gasteiger partial charge on any atom is -0.454 e. The average molecular weight is 248 g/mol. The SMILES string of the molecule is CC1(NC(=O)c2ccc3c(c2)OCO3)CCNC1. The highest BCUT2D eigenvalue weighted by molar-refractivity contribution is 5.95. The van der Waals surface area contributed by atoms with E-state index in [9.17, 15) is 4.79 Å². The second kappa shape index (κ2) is 4.17. The molecule has 2 heterocycles. The molecule has 1 fully saturated rings. The second-order valence-corrected chi connectivity index (χ2v) is 5.01. The quantitative estimate of drug-likeness (QED) is 0.816. The molecule has 0 radical (unpaired) electrons. The van der Waals surface area contributed by atoms with E-state index in [1.54, 1.807) is 18.2 Å². The summed E-state index contributed by atoms with van der Waals surface area (Å²) in [6, 6.07) is 5.25. The zero-order valence-corrected chi connectivity index (χ0v) is 10.3. The molecular weight excluding hydrogens is 232 g/mol. The maximum absolute atomic E-state index is 12.2. The molecule has 5 nitrogen and oxygen atoms in total. The van der Waals surface area contributed by atoms with Gasteiger partial charge in [0.2, 0.25) is 6.79 Å². The first-order valence-corrected chi connectivity index (χ1v) is 6.09. The Morgan fingerprint density at radius 3 is 3.00 bits per heavy atom. The van der Waals surface area contributed by atoms with Crippen molar-refractivity contribution in [1.82, 2.24) is 10.6 Å². The van der Waals surface area contributed by atoms with Crippen LogP contribution in [0.15, 0.2) is 18.2 Å². The highest BCUT2D eigenvalue weighted by Gasteiger charge is 2.30. The molecule has 1 amide bonds. The number of carbonyl (C=O) groups excluding carboxylic acids is 1. The van der Waals surface area contributed by atoms with Gasteiger partial charge < -0.3 is 20.1 Å². The number of amides is 1. The van der Waals surface area contributed by atoms with Gasteiger partial charge in [-0.05, 0) is 38.1 Å². The fourth-order valence-electron chi connectivity index (χ4n) is 2.31. The van der Waals surface area contributed by atoms with E-state index in [2.05, 4.69) is 17.6 Å². The van der Waals surface area contributed by atoms with E-state index in [4.69, 9.17) is 9.47 Å². The predicted octanol–water partition coefficient (Wildman–Crippen LogP) is 0.897. The van der Waals surface area contributed by atoms with Gasteiger partial charge in [-0.3, -0.25) is 4.79 Å². The summed E-state index contributed by atoms with van der Waals surface area (Å²) in [6.07, 6.45) is 0.948. The summed E-state index contributed by atoms with van der Waals surface area (Å²) in [5.41, 5.74) is 0.445. The number of carbonyl (C=O) groups is 1. The fourth-order valence-corrected chi connectivity index (χ4v) is 2.31. The molecule has 2 aliphatic heterocycles. The summed E-state index contributed by atoms with van der Waals surface area (Å²) < 4.78 is 10.5. The van der Waals surface area contributed by atoms with Crippen molar-refractivity contribution >= 4 is 5.91 Å². The molecule has 0 bridgehead atoms. The molecule has 1 aromatic carbocycles. The van der Waals surface area contributed by atoms with Gasteiger partial charge in [0.25, 0.3) is 5.91 Å². The monoisotopic (exact) mass is 248 g/mol. The Morgan fingerprint density at radius 1 is 1.39 bits per heavy atom. The lowest BCUT2D eigenvalue weighted by atomic mass is 10.0. The lowest BCUT2D eigenvalue weighted by molar-refractivity contribution is 0.0912. The van der Waals surface area contributed by atoms with Crippen LogP contribution in [0.25, 0.3) is 0 Å². The van der Waals surface area contributed by atoms with Crippen LogP contribution in [0.2, 0.25) is 0 Å². The molecule has 18 heavy (non-hydrogen) atoms. The van der Waals surface area contributed by atoms with Gasteiger partial charge in [0, 0.05) is 12.1 Å². The molecule has 1 aromatic rings. The Labute approximate surface area is 105 Å². The standard InChI is InChI=1S/C13H16N2O3/c1-13(4-5-14-7-13)15-12(16)9-2-3-10-11(6-9)18-8-17-10/h2-3,6,14H,4-5,7-8H2,1H3,(H,15,16). The summed E-state index contributed by atoms with van der Waals surface area (Å²) in [5, 5.41) is 6.32. The molecule has 1 unspecified atom stereocenters. The van der Waals surface area contributed by atoms with E-state index in [0.29, 0.717) is 17.1 Å². The molecule has 1 atom stereocenters. The first-order chi connectivity index (χ1) is 8.66. The summed E-state index contributed by atoms with van der Waals surface area (Å²) >= 11 is 0. The smallest absolute Gasteiger partial charge is 0.251 e. The van der Waals surface area contributed by atoms with Crippen LogP contribution >= 0.6 is 0 Å². The van der Waals surface area contributed by atoms with Crippen molar-refractivity contribution < 1.29 is 14.3 Å². The van der Waals surface area contributed by atoms with Gasteiger partial charge in [0.1, 0.15) is 0 Å². The summed E-state index contributed by atoms with van der Waals surface area (Å²) in [5.74, 6) is 1.26. The van der Waals surface area contributed by atoms with Crippen LogP contribution in [-0.4, -0.2) is 31.3 Å². The molecule has 0 spiro atoms. The van der Waals surface area contributed by atoms with Gasteiger partial charge in [0.15, 0.2) is 11.5 Å². The van der Waals surface area contributed by atoms with Gasteiger partial charge >= 0.3 is 0 Å². The molecule has 3 rings (SSSR count). The van der Waals surface area contributed by atoms with Crippen molar-refractivity contribution in [3.05, 3.63) is 23.8 Å². The van der Waals surface area contributed by atoms with Crippen LogP contribution in [0.4, 0.5) is 0 Å². The molecule has 1 saturated heterocycles. The minimum absolute atomic E-state index is 0.0699. The zero-order valence-electron chi connectivity index (χ0n) is 10.3. The molecule has 0 aliphatic carbocycles. The Balaban J connectivity index is 1.76. The Morgan fingerprint density at radius 2 is 2.22 bits per heavy atom. The van der Waals surface area contributed by atoms with E-state index in [1.165, 1.54) is 0 Å². The number of hydrogen-bond donors (Lipinski definition) is 2. The molecule has 96 valence electrons. The molecule has 2 N–H and O–H groups in total. The van der Waals surface area contributed by atoms with E-state index in [1.807, 2.05) is 0 Å².